The lowest BCUT2D eigenvalue weighted by atomic mass is 10.1. The zero-order chi connectivity index (χ0) is 33.7. The van der Waals surface area contributed by atoms with Crippen molar-refractivity contribution in [2.75, 3.05) is 19.3 Å². The fraction of sp³-hybridized carbons (Fsp3) is 0.312. The first-order valence-corrected chi connectivity index (χ1v) is 18.5. The summed E-state index contributed by atoms with van der Waals surface area (Å²) in [6.07, 6.45) is 1.74. The van der Waals surface area contributed by atoms with Gasteiger partial charge in [0.15, 0.2) is 9.84 Å². The van der Waals surface area contributed by atoms with Crippen LogP contribution in [0.5, 0.6) is 5.75 Å². The largest absolute Gasteiger partial charge is 0.487 e. The number of hydrogen-bond donors (Lipinski definition) is 3. The molecule has 3 N–H and O–H groups in total. The summed E-state index contributed by atoms with van der Waals surface area (Å²) in [6.45, 7) is 6.08. The second-order valence-corrected chi connectivity index (χ2v) is 15.8. The van der Waals surface area contributed by atoms with Gasteiger partial charge >= 0.3 is 0 Å². The standard InChI is InChI=1S/C32H36Cl2N4O6S2/c1-21-9-12-23-7-5-8-27(30(23)37-21)44-20-25-26(33)15-16-28(29(25)34)46(42,43)38-32(2,3)31(39)36-18-6-17-35-19-22-10-13-24(14-11-22)45(4,40)41/h5,7-16,35,38H,6,17-20H2,1-4H3,(H,36,39). The van der Waals surface area contributed by atoms with Crippen LogP contribution in [0.3, 0.4) is 0 Å². The van der Waals surface area contributed by atoms with E-state index >= 15 is 0 Å². The second kappa shape index (κ2) is 14.7. The van der Waals surface area contributed by atoms with E-state index in [0.29, 0.717) is 37.3 Å². The first kappa shape index (κ1) is 35.6. The molecule has 1 amide bonds. The first-order valence-electron chi connectivity index (χ1n) is 14.4. The average Bonchev–Trinajstić information content (AvgIpc) is 2.97. The molecule has 0 unspecified atom stereocenters. The van der Waals surface area contributed by atoms with Crippen molar-refractivity contribution < 1.29 is 26.4 Å². The van der Waals surface area contributed by atoms with E-state index in [1.807, 2.05) is 31.2 Å². The lowest BCUT2D eigenvalue weighted by Crippen LogP contribution is -2.54. The molecule has 4 aromatic rings. The molecule has 10 nitrogen and oxygen atoms in total. The van der Waals surface area contributed by atoms with E-state index in [0.717, 1.165) is 22.9 Å². The van der Waals surface area contributed by atoms with Gasteiger partial charge in [-0.25, -0.2) is 21.8 Å². The maximum absolute atomic E-state index is 13.4. The van der Waals surface area contributed by atoms with Crippen molar-refractivity contribution in [3.8, 4) is 5.75 Å². The number of nitrogens with zero attached hydrogens (tertiary/aromatic N) is 1. The third-order valence-electron chi connectivity index (χ3n) is 7.09. The molecule has 0 bridgehead atoms. The third-order valence-corrected chi connectivity index (χ3v) is 10.8. The first-order chi connectivity index (χ1) is 21.6. The smallest absolute Gasteiger partial charge is 0.243 e. The number of halogens is 2. The molecule has 0 aliphatic heterocycles. The Balaban J connectivity index is 1.33. The highest BCUT2D eigenvalue weighted by molar-refractivity contribution is 7.90. The van der Waals surface area contributed by atoms with E-state index in [1.165, 1.54) is 26.0 Å². The van der Waals surface area contributed by atoms with Crippen molar-refractivity contribution >= 4 is 59.9 Å². The molecule has 46 heavy (non-hydrogen) atoms. The van der Waals surface area contributed by atoms with Crippen LogP contribution in [-0.4, -0.2) is 52.6 Å². The molecule has 0 radical (unpaired) electrons. The summed E-state index contributed by atoms with van der Waals surface area (Å²) in [4.78, 5) is 17.5. The van der Waals surface area contributed by atoms with Crippen molar-refractivity contribution in [3.63, 3.8) is 0 Å². The van der Waals surface area contributed by atoms with Gasteiger partial charge in [0.2, 0.25) is 15.9 Å². The van der Waals surface area contributed by atoms with Crippen LogP contribution in [-0.2, 0) is 37.8 Å². The number of sulfone groups is 1. The average molecular weight is 708 g/mol. The van der Waals surface area contributed by atoms with Crippen molar-refractivity contribution in [3.05, 3.63) is 93.6 Å². The number of benzene rings is 3. The summed E-state index contributed by atoms with van der Waals surface area (Å²) in [6, 6.07) is 18.7. The van der Waals surface area contributed by atoms with Gasteiger partial charge in [0.05, 0.1) is 9.92 Å². The number of aromatic nitrogens is 1. The molecule has 14 heteroatoms. The van der Waals surface area contributed by atoms with Crippen molar-refractivity contribution in [1.82, 2.24) is 20.3 Å². The van der Waals surface area contributed by atoms with Crippen LogP contribution in [0.15, 0.2) is 76.5 Å². The molecule has 0 aliphatic carbocycles. The predicted octanol–water partition coefficient (Wildman–Crippen LogP) is 5.19. The SMILES string of the molecule is Cc1ccc2cccc(OCc3c(Cl)ccc(S(=O)(=O)NC(C)(C)C(=O)NCCCNCc4ccc(S(C)(=O)=O)cc4)c3Cl)c2n1. The van der Waals surface area contributed by atoms with Gasteiger partial charge in [-0.05, 0) is 75.7 Å². The zero-order valence-corrected chi connectivity index (χ0v) is 29.0. The molecule has 0 saturated carbocycles. The van der Waals surface area contributed by atoms with Crippen LogP contribution in [0.25, 0.3) is 10.9 Å². The van der Waals surface area contributed by atoms with Gasteiger partial charge in [-0.15, -0.1) is 0 Å². The molecular formula is C32H36Cl2N4O6S2. The number of carbonyl (C=O) groups is 1. The molecule has 0 fully saturated rings. The number of hydrogen-bond acceptors (Lipinski definition) is 8. The minimum atomic E-state index is -4.26. The number of rotatable bonds is 14. The maximum atomic E-state index is 13.4. The van der Waals surface area contributed by atoms with Crippen LogP contribution in [0.4, 0.5) is 0 Å². The molecule has 4 rings (SSSR count). The van der Waals surface area contributed by atoms with Gasteiger partial charge in [-0.3, -0.25) is 4.79 Å². The van der Waals surface area contributed by atoms with Crippen LogP contribution in [0.2, 0.25) is 10.0 Å². The van der Waals surface area contributed by atoms with Gasteiger partial charge in [0, 0.05) is 41.0 Å². The number of carbonyl (C=O) groups excluding carboxylic acids is 1. The van der Waals surface area contributed by atoms with E-state index in [-0.39, 0.29) is 32.0 Å². The summed E-state index contributed by atoms with van der Waals surface area (Å²) < 4.78 is 58.5. The van der Waals surface area contributed by atoms with Gasteiger partial charge in [-0.2, -0.15) is 4.72 Å². The van der Waals surface area contributed by atoms with Crippen molar-refractivity contribution in [2.45, 2.75) is 55.7 Å². The van der Waals surface area contributed by atoms with Crippen molar-refractivity contribution in [1.29, 1.82) is 0 Å². The highest BCUT2D eigenvalue weighted by Gasteiger charge is 2.34. The number of aryl methyl sites for hydroxylation is 1. The maximum Gasteiger partial charge on any atom is 0.243 e. The normalized spacial score (nSPS) is 12.3. The Morgan fingerprint density at radius 2 is 1.65 bits per heavy atom. The Bertz CT molecular complexity index is 1950. The second-order valence-electron chi connectivity index (χ2n) is 11.3. The molecule has 3 aromatic carbocycles. The van der Waals surface area contributed by atoms with Gasteiger partial charge in [0.1, 0.15) is 28.3 Å². The number of sulfonamides is 1. The van der Waals surface area contributed by atoms with E-state index in [9.17, 15) is 21.6 Å². The molecule has 0 aliphatic rings. The molecule has 0 saturated heterocycles. The van der Waals surface area contributed by atoms with Crippen LogP contribution in [0, 0.1) is 6.92 Å². The summed E-state index contributed by atoms with van der Waals surface area (Å²) in [7, 11) is -7.51. The quantitative estimate of drug-likeness (QED) is 0.152. The molecular weight excluding hydrogens is 671 g/mol. The summed E-state index contributed by atoms with van der Waals surface area (Å²) in [5, 5.41) is 6.99. The van der Waals surface area contributed by atoms with Crippen LogP contribution < -0.4 is 20.1 Å². The Morgan fingerprint density at radius 3 is 2.35 bits per heavy atom. The highest BCUT2D eigenvalue weighted by Crippen LogP contribution is 2.33. The number of pyridine rings is 1. The molecule has 0 atom stereocenters. The Kier molecular flexibility index (Phi) is 11.3. The van der Waals surface area contributed by atoms with E-state index in [2.05, 4.69) is 20.3 Å². The predicted molar refractivity (Wildman–Crippen MR) is 181 cm³/mol. The summed E-state index contributed by atoms with van der Waals surface area (Å²) in [5.41, 5.74) is 1.17. The third kappa shape index (κ3) is 8.96. The molecule has 246 valence electrons. The monoisotopic (exact) mass is 706 g/mol. The lowest BCUT2D eigenvalue weighted by Gasteiger charge is -2.25. The van der Waals surface area contributed by atoms with Crippen LogP contribution in [0.1, 0.15) is 37.1 Å². The van der Waals surface area contributed by atoms with Gasteiger partial charge < -0.3 is 15.4 Å². The number of nitrogens with one attached hydrogen (secondary N) is 3. The summed E-state index contributed by atoms with van der Waals surface area (Å²) >= 11 is 13.0. The number of fused-ring (bicyclic) bond motifs is 1. The Morgan fingerprint density at radius 1 is 0.935 bits per heavy atom. The molecule has 1 aromatic heterocycles. The van der Waals surface area contributed by atoms with E-state index in [1.54, 1.807) is 30.3 Å². The zero-order valence-electron chi connectivity index (χ0n) is 25.9. The Labute approximate surface area is 279 Å². The summed E-state index contributed by atoms with van der Waals surface area (Å²) in [5.74, 6) is -0.0178. The van der Waals surface area contributed by atoms with Gasteiger partial charge in [-0.1, -0.05) is 53.5 Å². The minimum Gasteiger partial charge on any atom is -0.487 e. The Hall–Kier alpha value is -3.26. The van der Waals surface area contributed by atoms with E-state index in [4.69, 9.17) is 27.9 Å². The molecule has 0 spiro atoms. The number of amides is 1. The number of ether oxygens (including phenoxy) is 1. The van der Waals surface area contributed by atoms with Gasteiger partial charge in [0.25, 0.3) is 0 Å². The van der Waals surface area contributed by atoms with Crippen molar-refractivity contribution in [2.24, 2.45) is 0 Å². The van der Waals surface area contributed by atoms with E-state index < -0.39 is 31.3 Å². The fourth-order valence-electron chi connectivity index (χ4n) is 4.56. The fourth-order valence-corrected chi connectivity index (χ4v) is 7.46. The number of para-hydroxylation sites is 1. The lowest BCUT2D eigenvalue weighted by molar-refractivity contribution is -0.125. The minimum absolute atomic E-state index is 0.111. The topological polar surface area (TPSA) is 144 Å². The highest BCUT2D eigenvalue weighted by atomic mass is 35.5. The van der Waals surface area contributed by atoms with Crippen LogP contribution >= 0.6 is 23.2 Å². The molecule has 1 heterocycles.